The fourth-order valence-electron chi connectivity index (χ4n) is 3.53. The molecule has 10 heteroatoms. The molecule has 3 aromatic rings. The van der Waals surface area contributed by atoms with Crippen molar-refractivity contribution >= 4 is 11.4 Å². The highest BCUT2D eigenvalue weighted by molar-refractivity contribution is 7.90. The molecule has 2 aromatic heterocycles. The Morgan fingerprint density at radius 2 is 1.76 bits per heavy atom. The number of oxazole rings is 1. The standard InChI is InChI=1S/C23H28F2N4O3S/c1-13-21(28-14(2)32-13)20(30)9-23(6,29-33(31)22(3,4)5)17-7-16(18(24)8-19(17)25)15-10-26-12-27-11-15/h7-8,10-12,20,29-30H,9H2,1-6H3/t20-,23?,33?/m1/s1. The molecule has 2 unspecified atom stereocenters. The van der Waals surface area contributed by atoms with Gasteiger partial charge in [0.25, 0.3) is 0 Å². The van der Waals surface area contributed by atoms with Crippen LogP contribution in [0.5, 0.6) is 0 Å². The first kappa shape index (κ1) is 25.2. The van der Waals surface area contributed by atoms with E-state index in [4.69, 9.17) is 4.42 Å². The first-order valence-electron chi connectivity index (χ1n) is 10.4. The highest BCUT2D eigenvalue weighted by Crippen LogP contribution is 2.38. The number of rotatable bonds is 7. The van der Waals surface area contributed by atoms with Crippen molar-refractivity contribution < 1.29 is 22.9 Å². The number of nitrogens with zero attached hydrogens (tertiary/aromatic N) is 3. The number of hydrogen-bond donors (Lipinski definition) is 2. The highest BCUT2D eigenvalue weighted by Gasteiger charge is 2.41. The highest BCUT2D eigenvalue weighted by atomic mass is 32.2. The summed E-state index contributed by atoms with van der Waals surface area (Å²) in [5, 5.41) is 11.0. The molecule has 0 fully saturated rings. The largest absolute Gasteiger partial charge is 0.598 e. The summed E-state index contributed by atoms with van der Waals surface area (Å²) >= 11 is -1.63. The van der Waals surface area contributed by atoms with Gasteiger partial charge in [-0.05, 0) is 40.7 Å². The topological polar surface area (TPSA) is 107 Å². The Morgan fingerprint density at radius 1 is 1.12 bits per heavy atom. The Morgan fingerprint density at radius 3 is 2.30 bits per heavy atom. The normalized spacial score (nSPS) is 15.8. The molecule has 0 saturated carbocycles. The SMILES string of the molecule is Cc1nc([C@H](O)CC(C)(N[S+]([O-])C(C)(C)C)c2cc(-c3cncnc3)c(F)cc2F)c(C)o1. The van der Waals surface area contributed by atoms with Crippen LogP contribution in [0.3, 0.4) is 0 Å². The lowest BCUT2D eigenvalue weighted by Crippen LogP contribution is -2.51. The van der Waals surface area contributed by atoms with E-state index >= 15 is 4.39 Å². The maximum absolute atomic E-state index is 15.2. The van der Waals surface area contributed by atoms with Gasteiger partial charge in [0.15, 0.2) is 5.89 Å². The third kappa shape index (κ3) is 5.57. The summed E-state index contributed by atoms with van der Waals surface area (Å²) < 4.78 is 50.6. The van der Waals surface area contributed by atoms with Gasteiger partial charge in [-0.15, -0.1) is 4.72 Å². The van der Waals surface area contributed by atoms with Gasteiger partial charge in [0.2, 0.25) is 0 Å². The summed E-state index contributed by atoms with van der Waals surface area (Å²) in [6, 6.07) is 2.11. The van der Waals surface area contributed by atoms with Gasteiger partial charge >= 0.3 is 0 Å². The van der Waals surface area contributed by atoms with Crippen molar-refractivity contribution in [2.75, 3.05) is 0 Å². The Bertz CT molecular complexity index is 1120. The van der Waals surface area contributed by atoms with Crippen LogP contribution in [0.4, 0.5) is 8.78 Å². The van der Waals surface area contributed by atoms with Crippen LogP contribution < -0.4 is 4.72 Å². The number of aryl methyl sites for hydroxylation is 2. The number of aliphatic hydroxyl groups excluding tert-OH is 1. The Hall–Kier alpha value is -2.40. The number of benzene rings is 1. The maximum Gasteiger partial charge on any atom is 0.191 e. The van der Waals surface area contributed by atoms with E-state index in [-0.39, 0.29) is 17.5 Å². The van der Waals surface area contributed by atoms with Crippen LogP contribution in [0.2, 0.25) is 0 Å². The van der Waals surface area contributed by atoms with E-state index in [2.05, 4.69) is 19.7 Å². The van der Waals surface area contributed by atoms with Gasteiger partial charge in [0.1, 0.15) is 40.3 Å². The molecule has 2 N–H and O–H groups in total. The summed E-state index contributed by atoms with van der Waals surface area (Å²) in [4.78, 5) is 12.0. The zero-order chi connectivity index (χ0) is 24.6. The average molecular weight is 479 g/mol. The van der Waals surface area contributed by atoms with Crippen molar-refractivity contribution in [1.29, 1.82) is 0 Å². The molecule has 7 nitrogen and oxygen atoms in total. The molecule has 0 aliphatic carbocycles. The van der Waals surface area contributed by atoms with E-state index in [9.17, 15) is 14.0 Å². The lowest BCUT2D eigenvalue weighted by atomic mass is 9.84. The monoisotopic (exact) mass is 478 g/mol. The van der Waals surface area contributed by atoms with Gasteiger partial charge in [0.05, 0.1) is 5.54 Å². The molecule has 1 aromatic carbocycles. The molecule has 33 heavy (non-hydrogen) atoms. The number of aliphatic hydroxyl groups is 1. The van der Waals surface area contributed by atoms with E-state index < -0.39 is 39.4 Å². The average Bonchev–Trinajstić information content (AvgIpc) is 3.06. The van der Waals surface area contributed by atoms with Crippen molar-refractivity contribution in [2.24, 2.45) is 0 Å². The van der Waals surface area contributed by atoms with Gasteiger partial charge in [-0.1, -0.05) is 0 Å². The molecule has 0 aliphatic heterocycles. The number of halogens is 2. The van der Waals surface area contributed by atoms with E-state index in [1.165, 1.54) is 24.8 Å². The second-order valence-corrected chi connectivity index (χ2v) is 11.1. The lowest BCUT2D eigenvalue weighted by molar-refractivity contribution is 0.125. The molecular formula is C23H28F2N4O3S. The molecular weight excluding hydrogens is 450 g/mol. The summed E-state index contributed by atoms with van der Waals surface area (Å²) in [7, 11) is 0. The summed E-state index contributed by atoms with van der Waals surface area (Å²) in [5.41, 5.74) is -0.568. The van der Waals surface area contributed by atoms with Crippen LogP contribution in [0.25, 0.3) is 11.1 Å². The van der Waals surface area contributed by atoms with Crippen molar-refractivity contribution in [2.45, 2.75) is 64.4 Å². The predicted molar refractivity (Wildman–Crippen MR) is 121 cm³/mol. The van der Waals surface area contributed by atoms with Crippen molar-refractivity contribution in [1.82, 2.24) is 19.7 Å². The molecule has 2 heterocycles. The van der Waals surface area contributed by atoms with Gasteiger partial charge in [0, 0.05) is 59.9 Å². The second-order valence-electron chi connectivity index (χ2n) is 9.15. The minimum absolute atomic E-state index is 0.0391. The molecule has 0 amide bonds. The van der Waals surface area contributed by atoms with Crippen LogP contribution in [0.15, 0.2) is 35.3 Å². The second kappa shape index (κ2) is 9.46. The number of nitrogens with one attached hydrogen (secondary N) is 1. The molecule has 0 aliphatic rings. The fraction of sp³-hybridized carbons (Fsp3) is 0.435. The minimum atomic E-state index is -1.63. The first-order valence-corrected chi connectivity index (χ1v) is 11.5. The first-order chi connectivity index (χ1) is 15.3. The smallest absolute Gasteiger partial charge is 0.191 e. The van der Waals surface area contributed by atoms with Crippen molar-refractivity contribution in [3.05, 3.63) is 65.4 Å². The van der Waals surface area contributed by atoms with Gasteiger partial charge in [-0.25, -0.2) is 23.7 Å². The van der Waals surface area contributed by atoms with E-state index in [1.807, 2.05) is 0 Å². The molecule has 178 valence electrons. The lowest BCUT2D eigenvalue weighted by Gasteiger charge is -2.36. The predicted octanol–water partition coefficient (Wildman–Crippen LogP) is 4.42. The Balaban J connectivity index is 2.12. The quantitative estimate of drug-likeness (QED) is 0.484. The third-order valence-electron chi connectivity index (χ3n) is 5.25. The van der Waals surface area contributed by atoms with Gasteiger partial charge in [-0.3, -0.25) is 0 Å². The molecule has 3 rings (SSSR count). The zero-order valence-corrected chi connectivity index (χ0v) is 20.3. The zero-order valence-electron chi connectivity index (χ0n) is 19.4. The van der Waals surface area contributed by atoms with E-state index in [1.54, 1.807) is 41.5 Å². The summed E-state index contributed by atoms with van der Waals surface area (Å²) in [6.07, 6.45) is 2.88. The maximum atomic E-state index is 15.2. The molecule has 0 bridgehead atoms. The molecule has 3 atom stereocenters. The molecule has 0 radical (unpaired) electrons. The molecule has 0 spiro atoms. The Labute approximate surface area is 195 Å². The Kier molecular flexibility index (Phi) is 7.23. The van der Waals surface area contributed by atoms with Crippen molar-refractivity contribution in [3.63, 3.8) is 0 Å². The van der Waals surface area contributed by atoms with Crippen LogP contribution in [-0.4, -0.2) is 29.4 Å². The van der Waals surface area contributed by atoms with E-state index in [0.29, 0.717) is 22.9 Å². The van der Waals surface area contributed by atoms with Crippen LogP contribution in [0.1, 0.15) is 63.1 Å². The van der Waals surface area contributed by atoms with Crippen molar-refractivity contribution in [3.8, 4) is 11.1 Å². The van der Waals surface area contributed by atoms with Crippen LogP contribution >= 0.6 is 0 Å². The molecule has 0 saturated heterocycles. The fourth-order valence-corrected chi connectivity index (χ4v) is 4.44. The van der Waals surface area contributed by atoms with Gasteiger partial charge in [-0.2, -0.15) is 0 Å². The minimum Gasteiger partial charge on any atom is -0.598 e. The van der Waals surface area contributed by atoms with Crippen LogP contribution in [0, 0.1) is 25.5 Å². The van der Waals surface area contributed by atoms with E-state index in [0.717, 1.165) is 6.07 Å². The summed E-state index contributed by atoms with van der Waals surface area (Å²) in [5.74, 6) is -0.807. The number of aromatic nitrogens is 3. The third-order valence-corrected chi connectivity index (χ3v) is 7.00. The van der Waals surface area contributed by atoms with Gasteiger partial charge < -0.3 is 14.1 Å². The van der Waals surface area contributed by atoms with Crippen LogP contribution in [-0.2, 0) is 16.9 Å². The number of hydrogen-bond acceptors (Lipinski definition) is 7. The summed E-state index contributed by atoms with van der Waals surface area (Å²) in [6.45, 7) is 10.2.